The fourth-order valence-corrected chi connectivity index (χ4v) is 2.38. The Hall–Kier alpha value is -3.35. The molecule has 0 atom stereocenters. The molecule has 7 nitrogen and oxygen atoms in total. The number of rotatable bonds is 10. The van der Waals surface area contributed by atoms with Crippen LogP contribution in [0, 0.1) is 0 Å². The van der Waals surface area contributed by atoms with Crippen LogP contribution in [0.5, 0.6) is 11.5 Å². The number of anilines is 1. The van der Waals surface area contributed by atoms with Crippen LogP contribution < -0.4 is 20.1 Å². The number of carbonyl (C=O) groups excluding carboxylic acids is 3. The molecule has 0 unspecified atom stereocenters. The van der Waals surface area contributed by atoms with Gasteiger partial charge in [-0.05, 0) is 43.3 Å². The minimum atomic E-state index is -0.275. The standard InChI is InChI=1S/C21H24N2O5/c1-3-27-17-9-7-15(8-10-17)19(24)11-12-20(25)23-16-5-4-6-18(13-16)28-14-21(26)22-2/h4-10,13H,3,11-12,14H2,1-2H3,(H,22,26)(H,23,25). The van der Waals surface area contributed by atoms with E-state index in [1.54, 1.807) is 48.5 Å². The van der Waals surface area contributed by atoms with E-state index in [-0.39, 0.29) is 37.0 Å². The van der Waals surface area contributed by atoms with Gasteiger partial charge in [0.05, 0.1) is 6.61 Å². The van der Waals surface area contributed by atoms with Crippen molar-refractivity contribution in [3.63, 3.8) is 0 Å². The van der Waals surface area contributed by atoms with Crippen LogP contribution in [0.4, 0.5) is 5.69 Å². The van der Waals surface area contributed by atoms with E-state index in [0.29, 0.717) is 29.4 Å². The third-order valence-corrected chi connectivity index (χ3v) is 3.83. The van der Waals surface area contributed by atoms with Crippen LogP contribution in [0.15, 0.2) is 48.5 Å². The number of amides is 2. The second kappa shape index (κ2) is 10.7. The van der Waals surface area contributed by atoms with Crippen molar-refractivity contribution in [3.05, 3.63) is 54.1 Å². The Morgan fingerprint density at radius 2 is 1.64 bits per heavy atom. The van der Waals surface area contributed by atoms with Crippen molar-refractivity contribution in [2.45, 2.75) is 19.8 Å². The van der Waals surface area contributed by atoms with Gasteiger partial charge in [-0.15, -0.1) is 0 Å². The molecule has 0 aliphatic heterocycles. The van der Waals surface area contributed by atoms with Crippen molar-refractivity contribution in [1.29, 1.82) is 0 Å². The van der Waals surface area contributed by atoms with Crippen molar-refractivity contribution < 1.29 is 23.9 Å². The maximum atomic E-state index is 12.2. The normalized spacial score (nSPS) is 10.1. The lowest BCUT2D eigenvalue weighted by Gasteiger charge is -2.09. The monoisotopic (exact) mass is 384 g/mol. The topological polar surface area (TPSA) is 93.7 Å². The molecule has 2 amide bonds. The van der Waals surface area contributed by atoms with E-state index >= 15 is 0 Å². The van der Waals surface area contributed by atoms with Crippen LogP contribution in [0.1, 0.15) is 30.1 Å². The number of ketones is 1. The van der Waals surface area contributed by atoms with Gasteiger partial charge in [0, 0.05) is 37.2 Å². The van der Waals surface area contributed by atoms with Crippen LogP contribution in [-0.2, 0) is 9.59 Å². The molecule has 0 saturated heterocycles. The van der Waals surface area contributed by atoms with Gasteiger partial charge in [-0.2, -0.15) is 0 Å². The zero-order valence-electron chi connectivity index (χ0n) is 16.0. The smallest absolute Gasteiger partial charge is 0.257 e. The predicted molar refractivity (Wildman–Crippen MR) is 106 cm³/mol. The molecule has 2 rings (SSSR count). The molecule has 2 aromatic carbocycles. The van der Waals surface area contributed by atoms with Crippen LogP contribution in [0.2, 0.25) is 0 Å². The molecule has 0 aliphatic carbocycles. The number of benzene rings is 2. The highest BCUT2D eigenvalue weighted by atomic mass is 16.5. The summed E-state index contributed by atoms with van der Waals surface area (Å²) in [7, 11) is 1.52. The summed E-state index contributed by atoms with van der Waals surface area (Å²) in [4.78, 5) is 35.6. The summed E-state index contributed by atoms with van der Waals surface area (Å²) in [6.07, 6.45) is 0.169. The molecular formula is C21H24N2O5. The van der Waals surface area contributed by atoms with E-state index in [1.165, 1.54) is 7.05 Å². The van der Waals surface area contributed by atoms with Gasteiger partial charge in [-0.3, -0.25) is 14.4 Å². The molecule has 0 spiro atoms. The molecule has 2 aromatic rings. The molecule has 0 bridgehead atoms. The number of hydrogen-bond acceptors (Lipinski definition) is 5. The lowest BCUT2D eigenvalue weighted by molar-refractivity contribution is -0.122. The Kier molecular flexibility index (Phi) is 8.02. The number of hydrogen-bond donors (Lipinski definition) is 2. The SMILES string of the molecule is CCOc1ccc(C(=O)CCC(=O)Nc2cccc(OCC(=O)NC)c2)cc1. The lowest BCUT2D eigenvalue weighted by Crippen LogP contribution is -2.24. The number of ether oxygens (including phenoxy) is 2. The average molecular weight is 384 g/mol. The highest BCUT2D eigenvalue weighted by Gasteiger charge is 2.10. The van der Waals surface area contributed by atoms with E-state index in [2.05, 4.69) is 10.6 Å². The van der Waals surface area contributed by atoms with Gasteiger partial charge >= 0.3 is 0 Å². The Balaban J connectivity index is 1.83. The summed E-state index contributed by atoms with van der Waals surface area (Å²) < 4.78 is 10.7. The summed E-state index contributed by atoms with van der Waals surface area (Å²) in [5.41, 5.74) is 1.08. The van der Waals surface area contributed by atoms with E-state index in [9.17, 15) is 14.4 Å². The third kappa shape index (κ3) is 6.75. The largest absolute Gasteiger partial charge is 0.494 e. The zero-order valence-corrected chi connectivity index (χ0v) is 16.0. The fraction of sp³-hybridized carbons (Fsp3) is 0.286. The van der Waals surface area contributed by atoms with Gasteiger partial charge in [0.25, 0.3) is 5.91 Å². The average Bonchev–Trinajstić information content (AvgIpc) is 2.71. The Labute approximate surface area is 164 Å². The van der Waals surface area contributed by atoms with E-state index in [4.69, 9.17) is 9.47 Å². The van der Waals surface area contributed by atoms with Crippen LogP contribution in [0.25, 0.3) is 0 Å². The van der Waals surface area contributed by atoms with Crippen molar-refractivity contribution in [2.24, 2.45) is 0 Å². The van der Waals surface area contributed by atoms with Crippen molar-refractivity contribution in [1.82, 2.24) is 5.32 Å². The first-order chi connectivity index (χ1) is 13.5. The van der Waals surface area contributed by atoms with Gasteiger partial charge in [0.2, 0.25) is 5.91 Å². The zero-order chi connectivity index (χ0) is 20.4. The second-order valence-electron chi connectivity index (χ2n) is 5.92. The number of Topliss-reactive ketones (excluding diaryl/α,β-unsaturated/α-hetero) is 1. The first-order valence-corrected chi connectivity index (χ1v) is 9.01. The summed E-state index contributed by atoms with van der Waals surface area (Å²) in [6, 6.07) is 13.6. The molecule has 7 heteroatoms. The number of likely N-dealkylation sites (N-methyl/N-ethyl adjacent to an activating group) is 1. The van der Waals surface area contributed by atoms with Crippen molar-refractivity contribution in [2.75, 3.05) is 25.6 Å². The predicted octanol–water partition coefficient (Wildman–Crippen LogP) is 2.81. The molecule has 0 aliphatic rings. The van der Waals surface area contributed by atoms with Gasteiger partial charge in [-0.1, -0.05) is 6.07 Å². The summed E-state index contributed by atoms with van der Waals surface area (Å²) in [5.74, 6) is 0.535. The molecule has 0 aromatic heterocycles. The minimum absolute atomic E-state index is 0.0649. The number of nitrogens with one attached hydrogen (secondary N) is 2. The van der Waals surface area contributed by atoms with E-state index in [1.807, 2.05) is 6.92 Å². The third-order valence-electron chi connectivity index (χ3n) is 3.83. The van der Waals surface area contributed by atoms with Gasteiger partial charge in [0.1, 0.15) is 11.5 Å². The Morgan fingerprint density at radius 1 is 0.893 bits per heavy atom. The van der Waals surface area contributed by atoms with Gasteiger partial charge in [0.15, 0.2) is 12.4 Å². The maximum absolute atomic E-state index is 12.2. The lowest BCUT2D eigenvalue weighted by atomic mass is 10.1. The second-order valence-corrected chi connectivity index (χ2v) is 5.92. The first-order valence-electron chi connectivity index (χ1n) is 9.01. The van der Waals surface area contributed by atoms with Crippen molar-refractivity contribution in [3.8, 4) is 11.5 Å². The highest BCUT2D eigenvalue weighted by molar-refractivity contribution is 6.00. The molecule has 0 saturated carbocycles. The summed E-state index contributed by atoms with van der Waals surface area (Å²) >= 11 is 0. The summed E-state index contributed by atoms with van der Waals surface area (Å²) in [6.45, 7) is 2.34. The summed E-state index contributed by atoms with van der Waals surface area (Å²) in [5, 5.41) is 5.18. The van der Waals surface area contributed by atoms with Crippen LogP contribution in [-0.4, -0.2) is 37.9 Å². The molecule has 148 valence electrons. The van der Waals surface area contributed by atoms with Crippen LogP contribution >= 0.6 is 0 Å². The molecule has 0 radical (unpaired) electrons. The fourth-order valence-electron chi connectivity index (χ4n) is 2.38. The maximum Gasteiger partial charge on any atom is 0.257 e. The molecule has 2 N–H and O–H groups in total. The highest BCUT2D eigenvalue weighted by Crippen LogP contribution is 2.18. The van der Waals surface area contributed by atoms with Crippen LogP contribution in [0.3, 0.4) is 0 Å². The van der Waals surface area contributed by atoms with E-state index in [0.717, 1.165) is 0 Å². The van der Waals surface area contributed by atoms with E-state index < -0.39 is 0 Å². The minimum Gasteiger partial charge on any atom is -0.494 e. The molecular weight excluding hydrogens is 360 g/mol. The van der Waals surface area contributed by atoms with Gasteiger partial charge < -0.3 is 20.1 Å². The Bertz CT molecular complexity index is 818. The Morgan fingerprint density at radius 3 is 2.32 bits per heavy atom. The number of carbonyl (C=O) groups is 3. The molecule has 0 fully saturated rings. The van der Waals surface area contributed by atoms with Crippen molar-refractivity contribution >= 4 is 23.3 Å². The molecule has 0 heterocycles. The molecule has 28 heavy (non-hydrogen) atoms. The van der Waals surface area contributed by atoms with Gasteiger partial charge in [-0.25, -0.2) is 0 Å². The first kappa shape index (κ1) is 21.0. The quantitative estimate of drug-likeness (QED) is 0.615.